The minimum atomic E-state index is -1.92. The van der Waals surface area contributed by atoms with Gasteiger partial charge in [0.1, 0.15) is 17.2 Å². The SMILES string of the molecule is Nc1nc(N)c2ncn([C@@H]3OC(CO)(CO)[C@@H](O)[C@@H]3F)c2n1. The highest BCUT2D eigenvalue weighted by Crippen LogP contribution is 2.40. The zero-order chi connectivity index (χ0) is 16.1. The molecule has 3 heterocycles. The number of hydrogen-bond acceptors (Lipinski definition) is 9. The van der Waals surface area contributed by atoms with E-state index in [4.69, 9.17) is 16.2 Å². The van der Waals surface area contributed by atoms with Crippen LogP contribution in [0.3, 0.4) is 0 Å². The molecule has 0 aliphatic carbocycles. The lowest BCUT2D eigenvalue weighted by Crippen LogP contribution is -2.48. The van der Waals surface area contributed by atoms with E-state index < -0.39 is 37.3 Å². The van der Waals surface area contributed by atoms with Crippen molar-refractivity contribution in [3.05, 3.63) is 6.33 Å². The van der Waals surface area contributed by atoms with Crippen LogP contribution in [-0.2, 0) is 4.74 Å². The molecule has 22 heavy (non-hydrogen) atoms. The summed E-state index contributed by atoms with van der Waals surface area (Å²) in [6.07, 6.45) is -3.78. The topological polar surface area (TPSA) is 166 Å². The fourth-order valence-corrected chi connectivity index (χ4v) is 2.49. The molecule has 3 rings (SSSR count). The van der Waals surface area contributed by atoms with E-state index in [-0.39, 0.29) is 22.9 Å². The summed E-state index contributed by atoms with van der Waals surface area (Å²) >= 11 is 0. The highest BCUT2D eigenvalue weighted by molar-refractivity contribution is 5.82. The van der Waals surface area contributed by atoms with Crippen LogP contribution in [0.25, 0.3) is 11.2 Å². The van der Waals surface area contributed by atoms with Crippen LogP contribution in [0, 0.1) is 0 Å². The maximum atomic E-state index is 14.4. The van der Waals surface area contributed by atoms with Gasteiger partial charge in [0.25, 0.3) is 0 Å². The number of imidazole rings is 1. The van der Waals surface area contributed by atoms with Crippen molar-refractivity contribution in [3.8, 4) is 0 Å². The molecule has 1 fully saturated rings. The van der Waals surface area contributed by atoms with Gasteiger partial charge in [-0.25, -0.2) is 9.37 Å². The second-order valence-electron chi connectivity index (χ2n) is 5.07. The third-order valence-corrected chi connectivity index (χ3v) is 3.74. The molecule has 0 radical (unpaired) electrons. The van der Waals surface area contributed by atoms with Crippen LogP contribution in [0.15, 0.2) is 6.33 Å². The molecule has 2 aromatic rings. The largest absolute Gasteiger partial charge is 0.393 e. The molecule has 11 heteroatoms. The number of aliphatic hydroxyl groups is 3. The molecule has 1 aliphatic heterocycles. The number of aromatic nitrogens is 4. The molecule has 120 valence electrons. The highest BCUT2D eigenvalue weighted by Gasteiger charge is 2.55. The molecule has 1 aliphatic rings. The smallest absolute Gasteiger partial charge is 0.224 e. The normalized spacial score (nSPS) is 27.5. The minimum Gasteiger partial charge on any atom is -0.393 e. The van der Waals surface area contributed by atoms with E-state index in [0.717, 1.165) is 0 Å². The molecule has 0 amide bonds. The van der Waals surface area contributed by atoms with Gasteiger partial charge in [0.15, 0.2) is 23.9 Å². The van der Waals surface area contributed by atoms with E-state index in [9.17, 15) is 19.7 Å². The van der Waals surface area contributed by atoms with Crippen LogP contribution in [0.1, 0.15) is 6.23 Å². The number of hydrogen-bond donors (Lipinski definition) is 5. The average molecular weight is 314 g/mol. The van der Waals surface area contributed by atoms with Gasteiger partial charge in [-0.05, 0) is 0 Å². The number of alkyl halides is 1. The first kappa shape index (κ1) is 14.8. The summed E-state index contributed by atoms with van der Waals surface area (Å²) in [7, 11) is 0. The maximum absolute atomic E-state index is 14.4. The lowest BCUT2D eigenvalue weighted by atomic mass is 9.98. The molecular weight excluding hydrogens is 299 g/mol. The maximum Gasteiger partial charge on any atom is 0.224 e. The molecule has 0 spiro atoms. The fourth-order valence-electron chi connectivity index (χ4n) is 2.49. The Morgan fingerprint density at radius 3 is 2.59 bits per heavy atom. The van der Waals surface area contributed by atoms with Gasteiger partial charge in [0.2, 0.25) is 5.95 Å². The molecule has 1 saturated heterocycles. The van der Waals surface area contributed by atoms with Gasteiger partial charge in [-0.2, -0.15) is 9.97 Å². The van der Waals surface area contributed by atoms with Crippen molar-refractivity contribution in [1.82, 2.24) is 19.5 Å². The number of fused-ring (bicyclic) bond motifs is 1. The van der Waals surface area contributed by atoms with Gasteiger partial charge in [-0.1, -0.05) is 0 Å². The Morgan fingerprint density at radius 2 is 2.00 bits per heavy atom. The lowest BCUT2D eigenvalue weighted by molar-refractivity contribution is -0.149. The van der Waals surface area contributed by atoms with E-state index in [1.165, 1.54) is 10.9 Å². The van der Waals surface area contributed by atoms with E-state index in [0.29, 0.717) is 0 Å². The summed E-state index contributed by atoms with van der Waals surface area (Å²) < 4.78 is 20.9. The van der Waals surface area contributed by atoms with Crippen LogP contribution >= 0.6 is 0 Å². The number of ether oxygens (including phenoxy) is 1. The number of aliphatic hydroxyl groups excluding tert-OH is 3. The molecular formula is C11H15FN6O4. The van der Waals surface area contributed by atoms with Crippen LogP contribution in [0.2, 0.25) is 0 Å². The summed E-state index contributed by atoms with van der Waals surface area (Å²) in [5.41, 5.74) is 9.68. The summed E-state index contributed by atoms with van der Waals surface area (Å²) in [6, 6.07) is 0. The Hall–Kier alpha value is -2.08. The van der Waals surface area contributed by atoms with Gasteiger partial charge in [-0.15, -0.1) is 0 Å². The van der Waals surface area contributed by atoms with Crippen LogP contribution < -0.4 is 11.5 Å². The summed E-state index contributed by atoms with van der Waals surface area (Å²) in [6.45, 7) is -1.51. The Labute approximate surface area is 123 Å². The van der Waals surface area contributed by atoms with Crippen molar-refractivity contribution in [2.24, 2.45) is 0 Å². The summed E-state index contributed by atoms with van der Waals surface area (Å²) in [4.78, 5) is 11.6. The Balaban J connectivity index is 2.09. The van der Waals surface area contributed by atoms with Crippen LogP contribution in [0.5, 0.6) is 0 Å². The van der Waals surface area contributed by atoms with E-state index in [2.05, 4.69) is 15.0 Å². The fraction of sp³-hybridized carbons (Fsp3) is 0.545. The summed E-state index contributed by atoms with van der Waals surface area (Å²) in [5.74, 6) is -0.109. The molecule has 0 bridgehead atoms. The molecule has 0 saturated carbocycles. The van der Waals surface area contributed by atoms with Gasteiger partial charge in [0.05, 0.1) is 19.5 Å². The number of nitrogen functional groups attached to an aromatic ring is 2. The molecule has 0 unspecified atom stereocenters. The van der Waals surface area contributed by atoms with Crippen molar-refractivity contribution in [1.29, 1.82) is 0 Å². The molecule has 0 aromatic carbocycles. The number of rotatable bonds is 3. The molecule has 7 N–H and O–H groups in total. The molecule has 3 atom stereocenters. The monoisotopic (exact) mass is 314 g/mol. The zero-order valence-electron chi connectivity index (χ0n) is 11.3. The van der Waals surface area contributed by atoms with Crippen LogP contribution in [-0.4, -0.2) is 65.9 Å². The van der Waals surface area contributed by atoms with Gasteiger partial charge >= 0.3 is 0 Å². The molecule has 2 aromatic heterocycles. The van der Waals surface area contributed by atoms with E-state index in [1.807, 2.05) is 0 Å². The van der Waals surface area contributed by atoms with Crippen molar-refractivity contribution in [2.45, 2.75) is 24.1 Å². The second kappa shape index (κ2) is 4.98. The first-order valence-electron chi connectivity index (χ1n) is 6.40. The number of halogens is 1. The first-order valence-corrected chi connectivity index (χ1v) is 6.40. The van der Waals surface area contributed by atoms with Crippen molar-refractivity contribution in [3.63, 3.8) is 0 Å². The number of nitrogens with two attached hydrogens (primary N) is 2. The van der Waals surface area contributed by atoms with Crippen molar-refractivity contribution < 1.29 is 24.4 Å². The van der Waals surface area contributed by atoms with Gasteiger partial charge < -0.3 is 31.5 Å². The van der Waals surface area contributed by atoms with E-state index in [1.54, 1.807) is 0 Å². The Bertz CT molecular complexity index is 705. The van der Waals surface area contributed by atoms with Crippen LogP contribution in [0.4, 0.5) is 16.2 Å². The van der Waals surface area contributed by atoms with Gasteiger partial charge in [0, 0.05) is 0 Å². The number of nitrogens with zero attached hydrogens (tertiary/aromatic N) is 4. The predicted octanol–water partition coefficient (Wildman–Crippen LogP) is -2.06. The zero-order valence-corrected chi connectivity index (χ0v) is 11.3. The van der Waals surface area contributed by atoms with Crippen molar-refractivity contribution >= 4 is 22.9 Å². The standard InChI is InChI=1S/C11H15FN6O4/c12-4-6(21)11(1-19,2-20)22-9(4)18-3-15-5-7(13)16-10(14)17-8(5)18/h3-4,6,9,19-21H,1-2H2,(H4,13,14,16,17)/t4-,6-,9+/m0/s1. The molecule has 10 nitrogen and oxygen atoms in total. The average Bonchev–Trinajstić information content (AvgIpc) is 3.01. The minimum absolute atomic E-state index is 0.0192. The van der Waals surface area contributed by atoms with Crippen molar-refractivity contribution in [2.75, 3.05) is 24.7 Å². The second-order valence-corrected chi connectivity index (χ2v) is 5.07. The highest BCUT2D eigenvalue weighted by atomic mass is 19.1. The van der Waals surface area contributed by atoms with E-state index >= 15 is 0 Å². The van der Waals surface area contributed by atoms with Gasteiger partial charge in [-0.3, -0.25) is 4.57 Å². The summed E-state index contributed by atoms with van der Waals surface area (Å²) in [5, 5.41) is 28.6. The third kappa shape index (κ3) is 1.90. The Kier molecular flexibility index (Phi) is 3.36. The lowest BCUT2D eigenvalue weighted by Gasteiger charge is -2.27. The first-order chi connectivity index (χ1) is 10.4. The quantitative estimate of drug-likeness (QED) is 0.428. The Morgan fingerprint density at radius 1 is 1.32 bits per heavy atom. The third-order valence-electron chi connectivity index (χ3n) is 3.74. The predicted molar refractivity (Wildman–Crippen MR) is 72.1 cm³/mol. The number of anilines is 2.